The molecule has 0 spiro atoms. The van der Waals surface area contributed by atoms with Gasteiger partial charge in [0.25, 0.3) is 5.91 Å². The maximum atomic E-state index is 11.9. The summed E-state index contributed by atoms with van der Waals surface area (Å²) in [7, 11) is 0. The van der Waals surface area contributed by atoms with Gasteiger partial charge in [-0.05, 0) is 35.0 Å². The van der Waals surface area contributed by atoms with Gasteiger partial charge in [0, 0.05) is 23.0 Å². The molecule has 2 aromatic carbocycles. The van der Waals surface area contributed by atoms with Crippen LogP contribution in [0.15, 0.2) is 40.9 Å². The zero-order valence-corrected chi connectivity index (χ0v) is 12.6. The van der Waals surface area contributed by atoms with Crippen LogP contribution in [0, 0.1) is 0 Å². The molecule has 0 heterocycles. The number of rotatable bonds is 4. The third-order valence-electron chi connectivity index (χ3n) is 2.72. The molecule has 0 aliphatic carbocycles. The molecule has 0 unspecified atom stereocenters. The highest BCUT2D eigenvalue weighted by atomic mass is 79.9. The SMILES string of the molecule is NC(=S)CCNC(=O)c1ccc2cc(Br)ccc2c1. The van der Waals surface area contributed by atoms with E-state index in [-0.39, 0.29) is 5.91 Å². The van der Waals surface area contributed by atoms with E-state index >= 15 is 0 Å². The quantitative estimate of drug-likeness (QED) is 0.844. The monoisotopic (exact) mass is 336 g/mol. The second kappa shape index (κ2) is 6.12. The van der Waals surface area contributed by atoms with Crippen molar-refractivity contribution in [2.24, 2.45) is 5.73 Å². The van der Waals surface area contributed by atoms with E-state index in [1.54, 1.807) is 0 Å². The zero-order chi connectivity index (χ0) is 13.8. The van der Waals surface area contributed by atoms with Crippen LogP contribution in [0.25, 0.3) is 10.8 Å². The van der Waals surface area contributed by atoms with Crippen molar-refractivity contribution in [1.29, 1.82) is 0 Å². The number of halogens is 1. The number of benzene rings is 2. The zero-order valence-electron chi connectivity index (χ0n) is 10.2. The van der Waals surface area contributed by atoms with E-state index < -0.39 is 0 Å². The number of carbonyl (C=O) groups is 1. The Morgan fingerprint density at radius 3 is 2.63 bits per heavy atom. The summed E-state index contributed by atoms with van der Waals surface area (Å²) < 4.78 is 1.02. The van der Waals surface area contributed by atoms with Crippen molar-refractivity contribution in [3.8, 4) is 0 Å². The molecule has 98 valence electrons. The van der Waals surface area contributed by atoms with Gasteiger partial charge in [-0.15, -0.1) is 0 Å². The number of carbonyl (C=O) groups excluding carboxylic acids is 1. The van der Waals surface area contributed by atoms with Crippen molar-refractivity contribution >= 4 is 49.8 Å². The molecule has 0 aliphatic heterocycles. The second-order valence-corrected chi connectivity index (χ2v) is 5.62. The first kappa shape index (κ1) is 14.0. The summed E-state index contributed by atoms with van der Waals surface area (Å²) in [6, 6.07) is 11.6. The van der Waals surface area contributed by atoms with Crippen molar-refractivity contribution in [1.82, 2.24) is 5.32 Å². The van der Waals surface area contributed by atoms with Crippen LogP contribution in [-0.4, -0.2) is 17.4 Å². The van der Waals surface area contributed by atoms with Crippen LogP contribution in [0.4, 0.5) is 0 Å². The number of amides is 1. The van der Waals surface area contributed by atoms with Gasteiger partial charge < -0.3 is 11.1 Å². The highest BCUT2D eigenvalue weighted by molar-refractivity contribution is 9.10. The average molecular weight is 337 g/mol. The fourth-order valence-electron chi connectivity index (χ4n) is 1.76. The van der Waals surface area contributed by atoms with Gasteiger partial charge in [-0.1, -0.05) is 40.3 Å². The van der Waals surface area contributed by atoms with E-state index in [1.807, 2.05) is 36.4 Å². The summed E-state index contributed by atoms with van der Waals surface area (Å²) in [6.45, 7) is 0.465. The van der Waals surface area contributed by atoms with Crippen LogP contribution in [-0.2, 0) is 0 Å². The number of hydrogen-bond donors (Lipinski definition) is 2. The van der Waals surface area contributed by atoms with E-state index in [9.17, 15) is 4.79 Å². The van der Waals surface area contributed by atoms with Crippen molar-refractivity contribution in [2.45, 2.75) is 6.42 Å². The van der Waals surface area contributed by atoms with Gasteiger partial charge in [-0.2, -0.15) is 0 Å². The number of hydrogen-bond acceptors (Lipinski definition) is 2. The molecule has 0 saturated carbocycles. The van der Waals surface area contributed by atoms with E-state index in [1.165, 1.54) is 0 Å². The lowest BCUT2D eigenvalue weighted by Crippen LogP contribution is -2.27. The average Bonchev–Trinajstić information content (AvgIpc) is 2.37. The minimum atomic E-state index is -0.110. The summed E-state index contributed by atoms with van der Waals surface area (Å²) in [5.74, 6) is -0.110. The molecule has 3 N–H and O–H groups in total. The number of nitrogens with one attached hydrogen (secondary N) is 1. The number of fused-ring (bicyclic) bond motifs is 1. The van der Waals surface area contributed by atoms with E-state index in [2.05, 4.69) is 21.2 Å². The largest absolute Gasteiger partial charge is 0.393 e. The fourth-order valence-corrected chi connectivity index (χ4v) is 2.24. The Balaban J connectivity index is 2.14. The van der Waals surface area contributed by atoms with E-state index in [4.69, 9.17) is 18.0 Å². The van der Waals surface area contributed by atoms with Crippen LogP contribution in [0.2, 0.25) is 0 Å². The minimum Gasteiger partial charge on any atom is -0.393 e. The van der Waals surface area contributed by atoms with Crippen LogP contribution < -0.4 is 11.1 Å². The molecule has 2 rings (SSSR count). The van der Waals surface area contributed by atoms with E-state index in [0.29, 0.717) is 23.5 Å². The minimum absolute atomic E-state index is 0.110. The summed E-state index contributed by atoms with van der Waals surface area (Å²) in [6.07, 6.45) is 0.515. The van der Waals surface area contributed by atoms with Gasteiger partial charge in [0.15, 0.2) is 0 Å². The maximum absolute atomic E-state index is 11.9. The van der Waals surface area contributed by atoms with Gasteiger partial charge in [-0.3, -0.25) is 4.79 Å². The molecular formula is C14H13BrN2OS. The van der Waals surface area contributed by atoms with Crippen molar-refractivity contribution < 1.29 is 4.79 Å². The summed E-state index contributed by atoms with van der Waals surface area (Å²) in [5.41, 5.74) is 6.02. The Labute approximate surface area is 125 Å². The molecule has 2 aromatic rings. The Kier molecular flexibility index (Phi) is 4.50. The Bertz CT molecular complexity index is 642. The lowest BCUT2D eigenvalue weighted by atomic mass is 10.1. The molecule has 0 fully saturated rings. The van der Waals surface area contributed by atoms with Crippen LogP contribution in [0.3, 0.4) is 0 Å². The molecule has 1 amide bonds. The summed E-state index contributed by atoms with van der Waals surface area (Å²) >= 11 is 8.19. The van der Waals surface area contributed by atoms with Crippen LogP contribution in [0.5, 0.6) is 0 Å². The van der Waals surface area contributed by atoms with Gasteiger partial charge in [0.2, 0.25) is 0 Å². The van der Waals surface area contributed by atoms with Gasteiger partial charge in [0.05, 0.1) is 4.99 Å². The fraction of sp³-hybridized carbons (Fsp3) is 0.143. The first-order chi connectivity index (χ1) is 9.06. The highest BCUT2D eigenvalue weighted by Crippen LogP contribution is 2.20. The lowest BCUT2D eigenvalue weighted by Gasteiger charge is -2.06. The molecule has 0 saturated heterocycles. The topological polar surface area (TPSA) is 55.1 Å². The highest BCUT2D eigenvalue weighted by Gasteiger charge is 2.06. The summed E-state index contributed by atoms with van der Waals surface area (Å²) in [5, 5.41) is 4.91. The summed E-state index contributed by atoms with van der Waals surface area (Å²) in [4.78, 5) is 12.3. The normalized spacial score (nSPS) is 10.4. The molecule has 3 nitrogen and oxygen atoms in total. The van der Waals surface area contributed by atoms with Gasteiger partial charge in [-0.25, -0.2) is 0 Å². The molecule has 5 heteroatoms. The maximum Gasteiger partial charge on any atom is 0.251 e. The first-order valence-electron chi connectivity index (χ1n) is 5.82. The molecule has 0 radical (unpaired) electrons. The van der Waals surface area contributed by atoms with Crippen molar-refractivity contribution in [2.75, 3.05) is 6.54 Å². The predicted octanol–water partition coefficient (Wildman–Crippen LogP) is 3.01. The molecule has 19 heavy (non-hydrogen) atoms. The lowest BCUT2D eigenvalue weighted by molar-refractivity contribution is 0.0955. The molecule has 0 atom stereocenters. The van der Waals surface area contributed by atoms with Crippen LogP contribution in [0.1, 0.15) is 16.8 Å². The Hall–Kier alpha value is -1.46. The Morgan fingerprint density at radius 2 is 1.89 bits per heavy atom. The predicted molar refractivity (Wildman–Crippen MR) is 85.4 cm³/mol. The molecule has 0 bridgehead atoms. The van der Waals surface area contributed by atoms with Crippen LogP contribution >= 0.6 is 28.1 Å². The van der Waals surface area contributed by atoms with E-state index in [0.717, 1.165) is 15.2 Å². The van der Waals surface area contributed by atoms with Crippen molar-refractivity contribution in [3.05, 3.63) is 46.4 Å². The second-order valence-electron chi connectivity index (χ2n) is 4.18. The molecular weight excluding hydrogens is 324 g/mol. The smallest absolute Gasteiger partial charge is 0.251 e. The Morgan fingerprint density at radius 1 is 1.21 bits per heavy atom. The van der Waals surface area contributed by atoms with Gasteiger partial charge >= 0.3 is 0 Å². The van der Waals surface area contributed by atoms with Crippen molar-refractivity contribution in [3.63, 3.8) is 0 Å². The van der Waals surface area contributed by atoms with Gasteiger partial charge in [0.1, 0.15) is 0 Å². The molecule has 0 aromatic heterocycles. The standard InChI is InChI=1S/C14H13BrN2OS/c15-12-4-3-9-7-11(2-1-10(9)8-12)14(18)17-6-5-13(16)19/h1-4,7-8H,5-6H2,(H2,16,19)(H,17,18). The third-order valence-corrected chi connectivity index (χ3v) is 3.42. The first-order valence-corrected chi connectivity index (χ1v) is 7.02. The molecule has 0 aliphatic rings. The number of thiocarbonyl (C=S) groups is 1. The number of nitrogens with two attached hydrogens (primary N) is 1. The third kappa shape index (κ3) is 3.75.